The number of rotatable bonds is 13. The summed E-state index contributed by atoms with van der Waals surface area (Å²) in [6.07, 6.45) is -2.30. The van der Waals surface area contributed by atoms with Gasteiger partial charge in [-0.3, -0.25) is 4.79 Å². The van der Waals surface area contributed by atoms with Gasteiger partial charge in [-0.05, 0) is 107 Å². The highest BCUT2D eigenvalue weighted by molar-refractivity contribution is 7.22. The van der Waals surface area contributed by atoms with Crippen LogP contribution in [-0.2, 0) is 16.0 Å². The molecule has 248 valence electrons. The second kappa shape index (κ2) is 13.9. The molecule has 0 bridgehead atoms. The van der Waals surface area contributed by atoms with Crippen molar-refractivity contribution in [2.24, 2.45) is 22.8 Å². The molecule has 3 aromatic rings. The Kier molecular flexibility index (Phi) is 10.8. The number of benzene rings is 2. The minimum Gasteiger partial charge on any atom is -0.496 e. The molecule has 1 fully saturated rings. The lowest BCUT2D eigenvalue weighted by molar-refractivity contribution is -0.219. The molecule has 4 N–H and O–H groups in total. The van der Waals surface area contributed by atoms with Gasteiger partial charge in [-0.15, -0.1) is 11.3 Å². The number of methoxy groups -OCH3 is 1. The van der Waals surface area contributed by atoms with E-state index in [0.29, 0.717) is 12.2 Å². The van der Waals surface area contributed by atoms with Gasteiger partial charge in [0.25, 0.3) is 0 Å². The number of carbonyl (C=O) groups excluding carboxylic acids is 1. The number of carbonyl (C=O) groups is 1. The zero-order chi connectivity index (χ0) is 33.2. The Morgan fingerprint density at radius 2 is 1.76 bits per heavy atom. The quantitative estimate of drug-likeness (QED) is 0.143. The Balaban J connectivity index is 1.52. The van der Waals surface area contributed by atoms with E-state index in [2.05, 4.69) is 31.2 Å². The van der Waals surface area contributed by atoms with Crippen LogP contribution in [0.4, 0.5) is 13.2 Å². The number of aryl methyl sites for hydroxylation is 1. The van der Waals surface area contributed by atoms with Crippen molar-refractivity contribution in [2.45, 2.75) is 110 Å². The van der Waals surface area contributed by atoms with E-state index >= 15 is 0 Å². The number of thiophene rings is 1. The van der Waals surface area contributed by atoms with Gasteiger partial charge in [0.1, 0.15) is 29.6 Å². The minimum atomic E-state index is -4.63. The summed E-state index contributed by atoms with van der Waals surface area (Å²) in [5, 5.41) is 0.959. The van der Waals surface area contributed by atoms with E-state index in [-0.39, 0.29) is 18.9 Å². The molecule has 1 aliphatic carbocycles. The van der Waals surface area contributed by atoms with Gasteiger partial charge in [-0.25, -0.2) is 0 Å². The van der Waals surface area contributed by atoms with Crippen molar-refractivity contribution in [3.8, 4) is 21.9 Å². The molecule has 10 heteroatoms. The molecule has 5 atom stereocenters. The minimum absolute atomic E-state index is 0.0326. The highest BCUT2D eigenvalue weighted by Gasteiger charge is 2.57. The Bertz CT molecular complexity index is 1470. The van der Waals surface area contributed by atoms with E-state index in [1.54, 1.807) is 46.9 Å². The molecule has 0 radical (unpaired) electrons. The summed E-state index contributed by atoms with van der Waals surface area (Å²) in [5.74, 6) is -1.61. The smallest absolute Gasteiger partial charge is 0.398 e. The van der Waals surface area contributed by atoms with Crippen molar-refractivity contribution in [3.63, 3.8) is 0 Å². The molecule has 1 aromatic heterocycles. The van der Waals surface area contributed by atoms with Crippen molar-refractivity contribution in [1.82, 2.24) is 0 Å². The molecular formula is C35H47F3N2O4S. The largest absolute Gasteiger partial charge is 0.496 e. The summed E-state index contributed by atoms with van der Waals surface area (Å²) >= 11 is 1.53. The highest BCUT2D eigenvalue weighted by Crippen LogP contribution is 2.45. The van der Waals surface area contributed by atoms with Crippen LogP contribution in [0.25, 0.3) is 20.5 Å². The van der Waals surface area contributed by atoms with Crippen molar-refractivity contribution >= 4 is 27.4 Å². The van der Waals surface area contributed by atoms with Gasteiger partial charge < -0.3 is 25.7 Å². The van der Waals surface area contributed by atoms with Crippen molar-refractivity contribution < 1.29 is 32.2 Å². The molecule has 0 spiro atoms. The van der Waals surface area contributed by atoms with E-state index in [1.165, 1.54) is 23.3 Å². The first-order valence-electron chi connectivity index (χ1n) is 15.8. The van der Waals surface area contributed by atoms with Crippen LogP contribution in [0.1, 0.15) is 78.7 Å². The molecule has 1 aliphatic rings. The maximum absolute atomic E-state index is 14.4. The average molecular weight is 649 g/mol. The highest BCUT2D eigenvalue weighted by atomic mass is 32.1. The third-order valence-corrected chi connectivity index (χ3v) is 10.4. The first-order valence-corrected chi connectivity index (χ1v) is 16.6. The molecular weight excluding hydrogens is 601 g/mol. The number of hydrogen-bond donors (Lipinski definition) is 2. The zero-order valence-corrected chi connectivity index (χ0v) is 27.9. The lowest BCUT2D eigenvalue weighted by Gasteiger charge is -2.41. The van der Waals surface area contributed by atoms with Gasteiger partial charge in [0.2, 0.25) is 0 Å². The number of hydrogen-bond acceptors (Lipinski definition) is 7. The zero-order valence-electron chi connectivity index (χ0n) is 27.1. The first kappa shape index (κ1) is 35.0. The van der Waals surface area contributed by atoms with Gasteiger partial charge in [0, 0.05) is 26.7 Å². The van der Waals surface area contributed by atoms with Gasteiger partial charge in [-0.2, -0.15) is 13.2 Å². The molecule has 45 heavy (non-hydrogen) atoms. The molecule has 5 unspecified atom stereocenters. The molecule has 6 nitrogen and oxygen atoms in total. The fourth-order valence-electron chi connectivity index (χ4n) is 6.12. The van der Waals surface area contributed by atoms with Crippen LogP contribution in [0.3, 0.4) is 0 Å². The third-order valence-electron chi connectivity index (χ3n) is 9.24. The molecule has 1 heterocycles. The Morgan fingerprint density at radius 3 is 2.40 bits per heavy atom. The number of nitrogens with two attached hydrogens (primary N) is 2. The number of fused-ring (bicyclic) bond motifs is 1. The Labute approximate surface area is 268 Å². The Hall–Kier alpha value is -2.82. The lowest BCUT2D eigenvalue weighted by Crippen LogP contribution is -2.57. The van der Waals surface area contributed by atoms with Crippen LogP contribution in [0, 0.1) is 11.3 Å². The fourth-order valence-corrected chi connectivity index (χ4v) is 7.24. The van der Waals surface area contributed by atoms with Crippen LogP contribution in [0.2, 0.25) is 0 Å². The average Bonchev–Trinajstić information content (AvgIpc) is 3.55. The van der Waals surface area contributed by atoms with Crippen LogP contribution in [0.15, 0.2) is 42.5 Å². The van der Waals surface area contributed by atoms with Crippen LogP contribution < -0.4 is 20.9 Å². The molecule has 0 amide bonds. The molecule has 0 aliphatic heterocycles. The summed E-state index contributed by atoms with van der Waals surface area (Å²) in [6, 6.07) is 13.4. The van der Waals surface area contributed by atoms with E-state index in [0.717, 1.165) is 45.5 Å². The first-order chi connectivity index (χ1) is 21.1. The van der Waals surface area contributed by atoms with Crippen LogP contribution in [-0.4, -0.2) is 43.0 Å². The van der Waals surface area contributed by atoms with Gasteiger partial charge in [0.05, 0.1) is 12.5 Å². The van der Waals surface area contributed by atoms with Gasteiger partial charge >= 0.3 is 12.1 Å². The van der Waals surface area contributed by atoms with E-state index in [4.69, 9.17) is 25.7 Å². The lowest BCUT2D eigenvalue weighted by atomic mass is 9.71. The summed E-state index contributed by atoms with van der Waals surface area (Å²) in [5.41, 5.74) is 12.2. The topological polar surface area (TPSA) is 96.8 Å². The summed E-state index contributed by atoms with van der Waals surface area (Å²) in [7, 11) is 1.66. The van der Waals surface area contributed by atoms with Gasteiger partial charge in [-0.1, -0.05) is 25.8 Å². The monoisotopic (exact) mass is 648 g/mol. The van der Waals surface area contributed by atoms with Crippen molar-refractivity contribution in [2.75, 3.05) is 7.11 Å². The second-order valence-electron chi connectivity index (χ2n) is 13.3. The van der Waals surface area contributed by atoms with Crippen LogP contribution in [0.5, 0.6) is 11.5 Å². The van der Waals surface area contributed by atoms with Crippen molar-refractivity contribution in [1.29, 1.82) is 0 Å². The standard InChI is InChI=1S/C35H47F3N2O4S/c1-7-8-9-10-22-11-14-25(28(17-22)42-6)30-18-23-12-13-24(19-29(23)45-30)43-26-15-16-27(31(26)35(36,37)38)44-32(41)33(3,4)34(5,40)20-21(2)39/h11-14,17-19,21,26-27,31H,7-10,15-16,20,39-40H2,1-6H3. The van der Waals surface area contributed by atoms with E-state index in [1.807, 2.05) is 6.07 Å². The number of ether oxygens (including phenoxy) is 3. The maximum atomic E-state index is 14.4. The second-order valence-corrected chi connectivity index (χ2v) is 14.4. The van der Waals surface area contributed by atoms with E-state index < -0.39 is 41.2 Å². The number of unbranched alkanes of at least 4 members (excludes halogenated alkanes) is 2. The molecule has 2 aromatic carbocycles. The normalized spacial score (nSPS) is 21.0. The van der Waals surface area contributed by atoms with Crippen molar-refractivity contribution in [3.05, 3.63) is 48.0 Å². The predicted molar refractivity (Wildman–Crippen MR) is 175 cm³/mol. The summed E-state index contributed by atoms with van der Waals surface area (Å²) in [4.78, 5) is 14.2. The summed E-state index contributed by atoms with van der Waals surface area (Å²) in [6.45, 7) is 8.80. The van der Waals surface area contributed by atoms with E-state index in [9.17, 15) is 18.0 Å². The van der Waals surface area contributed by atoms with Gasteiger partial charge in [0.15, 0.2) is 0 Å². The predicted octanol–water partition coefficient (Wildman–Crippen LogP) is 8.42. The number of esters is 1. The SMILES string of the molecule is CCCCCc1ccc(-c2cc3ccc(OC4CCC(OC(=O)C(C)(C)C(C)(N)CC(C)N)C4C(F)(F)F)cc3s2)c(OC)c1. The summed E-state index contributed by atoms with van der Waals surface area (Å²) < 4.78 is 61.4. The fraction of sp³-hybridized carbons (Fsp3) is 0.571. The Morgan fingerprint density at radius 1 is 1.04 bits per heavy atom. The van der Waals surface area contributed by atoms with Crippen LogP contribution >= 0.6 is 11.3 Å². The third kappa shape index (κ3) is 7.95. The molecule has 4 rings (SSSR count). The molecule has 1 saturated carbocycles. The number of alkyl halides is 3. The molecule has 0 saturated heterocycles. The maximum Gasteiger partial charge on any atom is 0.398 e. The number of halogens is 3.